The molecule has 158 valence electrons. The van der Waals surface area contributed by atoms with Gasteiger partial charge in [-0.15, -0.1) is 0 Å². The zero-order valence-corrected chi connectivity index (χ0v) is 17.9. The molecule has 1 saturated heterocycles. The Labute approximate surface area is 190 Å². The second kappa shape index (κ2) is 8.80. The number of aromatic nitrogens is 5. The van der Waals surface area contributed by atoms with Crippen LogP contribution in [0.4, 0.5) is 0 Å². The first-order valence-electron chi connectivity index (χ1n) is 10.3. The topological polar surface area (TPSA) is 84.8 Å². The normalized spacial score (nSPS) is 15.7. The van der Waals surface area contributed by atoms with Gasteiger partial charge < -0.3 is 4.90 Å². The summed E-state index contributed by atoms with van der Waals surface area (Å²) >= 11 is 6.13. The van der Waals surface area contributed by atoms with Crippen molar-refractivity contribution in [3.05, 3.63) is 90.0 Å². The van der Waals surface area contributed by atoms with Gasteiger partial charge in [-0.25, -0.2) is 19.9 Å². The van der Waals surface area contributed by atoms with Gasteiger partial charge in [0.05, 0.1) is 17.3 Å². The molecule has 0 bridgehead atoms. The van der Waals surface area contributed by atoms with Gasteiger partial charge in [0.2, 0.25) is 0 Å². The molecule has 0 saturated carbocycles. The molecule has 0 radical (unpaired) electrons. The van der Waals surface area contributed by atoms with Crippen molar-refractivity contribution in [1.29, 1.82) is 0 Å². The van der Waals surface area contributed by atoms with Crippen LogP contribution in [-0.2, 0) is 0 Å². The van der Waals surface area contributed by atoms with Crippen LogP contribution in [0.25, 0.3) is 22.5 Å². The Morgan fingerprint density at radius 2 is 1.81 bits per heavy atom. The van der Waals surface area contributed by atoms with Gasteiger partial charge in [-0.2, -0.15) is 0 Å². The van der Waals surface area contributed by atoms with Gasteiger partial charge in [0.25, 0.3) is 5.91 Å². The summed E-state index contributed by atoms with van der Waals surface area (Å²) in [6.45, 7) is 0.665. The van der Waals surface area contributed by atoms with Crippen molar-refractivity contribution in [2.45, 2.75) is 18.9 Å². The lowest BCUT2D eigenvalue weighted by Gasteiger charge is -2.24. The molecule has 1 aliphatic rings. The highest BCUT2D eigenvalue weighted by Crippen LogP contribution is 2.33. The smallest absolute Gasteiger partial charge is 0.256 e. The van der Waals surface area contributed by atoms with Crippen molar-refractivity contribution in [3.63, 3.8) is 0 Å². The highest BCUT2D eigenvalue weighted by molar-refractivity contribution is 6.30. The zero-order chi connectivity index (χ0) is 21.9. The number of pyridine rings is 1. The molecule has 3 aromatic heterocycles. The van der Waals surface area contributed by atoms with Crippen LogP contribution in [0.1, 0.15) is 34.9 Å². The Hall–Kier alpha value is -3.71. The largest absolute Gasteiger partial charge is 0.330 e. The highest BCUT2D eigenvalue weighted by atomic mass is 35.5. The van der Waals surface area contributed by atoms with Crippen LogP contribution in [0.5, 0.6) is 0 Å². The van der Waals surface area contributed by atoms with Crippen molar-refractivity contribution in [1.82, 2.24) is 29.8 Å². The van der Waals surface area contributed by atoms with Gasteiger partial charge in [-0.3, -0.25) is 9.78 Å². The molecule has 1 unspecified atom stereocenters. The van der Waals surface area contributed by atoms with E-state index in [4.69, 9.17) is 16.6 Å². The summed E-state index contributed by atoms with van der Waals surface area (Å²) in [6, 6.07) is 11.0. The fourth-order valence-corrected chi connectivity index (χ4v) is 4.16. The van der Waals surface area contributed by atoms with Crippen molar-refractivity contribution >= 4 is 17.5 Å². The Balaban J connectivity index is 1.43. The van der Waals surface area contributed by atoms with E-state index in [-0.39, 0.29) is 11.9 Å². The number of benzene rings is 1. The molecule has 4 aromatic rings. The van der Waals surface area contributed by atoms with Gasteiger partial charge in [0.15, 0.2) is 5.82 Å². The molecule has 8 heteroatoms. The number of carbonyl (C=O) groups excluding carboxylic acids is 1. The molecule has 4 heterocycles. The molecular weight excluding hydrogens is 424 g/mol. The third kappa shape index (κ3) is 4.07. The maximum absolute atomic E-state index is 13.4. The van der Waals surface area contributed by atoms with Gasteiger partial charge in [-0.05, 0) is 37.1 Å². The number of likely N-dealkylation sites (tertiary alicyclic amines) is 1. The van der Waals surface area contributed by atoms with E-state index >= 15 is 0 Å². The number of rotatable bonds is 4. The Kier molecular flexibility index (Phi) is 5.56. The molecule has 0 aliphatic carbocycles. The molecule has 1 fully saturated rings. The van der Waals surface area contributed by atoms with Crippen molar-refractivity contribution in [3.8, 4) is 22.5 Å². The van der Waals surface area contributed by atoms with E-state index in [1.165, 1.54) is 6.33 Å². The quantitative estimate of drug-likeness (QED) is 0.458. The monoisotopic (exact) mass is 442 g/mol. The first kappa shape index (κ1) is 20.2. The Bertz CT molecular complexity index is 1270. The van der Waals surface area contributed by atoms with E-state index < -0.39 is 0 Å². The predicted octanol–water partition coefficient (Wildman–Crippen LogP) is 4.63. The van der Waals surface area contributed by atoms with Crippen LogP contribution < -0.4 is 0 Å². The average molecular weight is 443 g/mol. The number of nitrogens with zero attached hydrogens (tertiary/aromatic N) is 6. The van der Waals surface area contributed by atoms with Crippen LogP contribution >= 0.6 is 11.6 Å². The van der Waals surface area contributed by atoms with Crippen molar-refractivity contribution in [2.75, 3.05) is 6.54 Å². The molecule has 1 aromatic carbocycles. The summed E-state index contributed by atoms with van der Waals surface area (Å²) in [7, 11) is 0. The standard InChI is InChI=1S/C24H19ClN6O/c25-20-4-1-3-16(10-20)23-29-7-6-21(30-23)22-5-2-8-31(22)24(32)18-9-17(11-26-12-18)19-13-27-15-28-14-19/h1,3-4,6-7,9-15,22H,2,5,8H2. The number of carbonyl (C=O) groups is 1. The van der Waals surface area contributed by atoms with E-state index in [9.17, 15) is 4.79 Å². The van der Waals surface area contributed by atoms with Crippen LogP contribution in [0.2, 0.25) is 5.02 Å². The molecule has 0 N–H and O–H groups in total. The number of hydrogen-bond donors (Lipinski definition) is 0. The number of halogens is 1. The van der Waals surface area contributed by atoms with Crippen LogP contribution in [-0.4, -0.2) is 42.3 Å². The molecule has 32 heavy (non-hydrogen) atoms. The lowest BCUT2D eigenvalue weighted by Crippen LogP contribution is -2.31. The van der Waals surface area contributed by atoms with Crippen molar-refractivity contribution in [2.24, 2.45) is 0 Å². The first-order chi connectivity index (χ1) is 15.7. The summed E-state index contributed by atoms with van der Waals surface area (Å²) in [5.74, 6) is 0.527. The summed E-state index contributed by atoms with van der Waals surface area (Å²) in [5.41, 5.74) is 3.81. The third-order valence-electron chi connectivity index (χ3n) is 5.49. The van der Waals surface area contributed by atoms with Gasteiger partial charge in [-0.1, -0.05) is 23.7 Å². The maximum atomic E-state index is 13.4. The number of hydrogen-bond acceptors (Lipinski definition) is 6. The minimum Gasteiger partial charge on any atom is -0.330 e. The summed E-state index contributed by atoms with van der Waals surface area (Å²) < 4.78 is 0. The molecule has 5 rings (SSSR count). The van der Waals surface area contributed by atoms with E-state index in [1.54, 1.807) is 31.0 Å². The second-order valence-corrected chi connectivity index (χ2v) is 8.00. The summed E-state index contributed by atoms with van der Waals surface area (Å²) in [5, 5.41) is 0.630. The maximum Gasteiger partial charge on any atom is 0.256 e. The number of amides is 1. The highest BCUT2D eigenvalue weighted by Gasteiger charge is 2.32. The molecule has 7 nitrogen and oxygen atoms in total. The Morgan fingerprint density at radius 3 is 2.66 bits per heavy atom. The lowest BCUT2D eigenvalue weighted by atomic mass is 10.1. The minimum atomic E-state index is -0.118. The SMILES string of the molecule is O=C(c1cncc(-c2cncnc2)c1)N1CCCC1c1ccnc(-c2cccc(Cl)c2)n1. The minimum absolute atomic E-state index is 0.0679. The fourth-order valence-electron chi connectivity index (χ4n) is 3.97. The van der Waals surface area contributed by atoms with Crippen LogP contribution in [0, 0.1) is 0 Å². The van der Waals surface area contributed by atoms with Crippen molar-refractivity contribution < 1.29 is 4.79 Å². The fraction of sp³-hybridized carbons (Fsp3) is 0.167. The third-order valence-corrected chi connectivity index (χ3v) is 5.73. The van der Waals surface area contributed by atoms with E-state index in [0.29, 0.717) is 23.0 Å². The molecular formula is C24H19ClN6O. The van der Waals surface area contributed by atoms with Gasteiger partial charge in [0.1, 0.15) is 6.33 Å². The molecule has 1 atom stereocenters. The van der Waals surface area contributed by atoms with Crippen LogP contribution in [0.3, 0.4) is 0 Å². The van der Waals surface area contributed by atoms with Gasteiger partial charge >= 0.3 is 0 Å². The predicted molar refractivity (Wildman–Crippen MR) is 121 cm³/mol. The summed E-state index contributed by atoms with van der Waals surface area (Å²) in [6.07, 6.45) is 11.7. The zero-order valence-electron chi connectivity index (χ0n) is 17.1. The van der Waals surface area contributed by atoms with E-state index in [1.807, 2.05) is 41.3 Å². The van der Waals surface area contributed by atoms with E-state index in [2.05, 4.69) is 19.9 Å². The molecule has 1 amide bonds. The average Bonchev–Trinajstić information content (AvgIpc) is 3.34. The molecule has 0 spiro atoms. The lowest BCUT2D eigenvalue weighted by molar-refractivity contribution is 0.0732. The first-order valence-corrected chi connectivity index (χ1v) is 10.7. The van der Waals surface area contributed by atoms with Gasteiger partial charge in [0, 0.05) is 59.2 Å². The Morgan fingerprint density at radius 1 is 0.969 bits per heavy atom. The summed E-state index contributed by atoms with van der Waals surface area (Å²) in [4.78, 5) is 36.8. The van der Waals surface area contributed by atoms with Crippen LogP contribution in [0.15, 0.2) is 73.7 Å². The van der Waals surface area contributed by atoms with E-state index in [0.717, 1.165) is 35.2 Å². The second-order valence-electron chi connectivity index (χ2n) is 7.56. The molecule has 1 aliphatic heterocycles.